The monoisotopic (exact) mass is 268 g/mol. The van der Waals surface area contributed by atoms with Crippen molar-refractivity contribution in [2.24, 2.45) is 0 Å². The maximum Gasteiger partial charge on any atom is 0.408 e. The van der Waals surface area contributed by atoms with Gasteiger partial charge >= 0.3 is 12.1 Å². The second kappa shape index (κ2) is 6.34. The molecule has 1 rings (SSSR count). The molecule has 1 atom stereocenters. The molecule has 0 bridgehead atoms. The zero-order valence-electron chi connectivity index (χ0n) is 10.0. The molecule has 0 aliphatic heterocycles. The van der Waals surface area contributed by atoms with E-state index in [0.29, 0.717) is 0 Å². The Morgan fingerprint density at radius 3 is 2.68 bits per heavy atom. The number of alkyl carbamates (subject to hydrolysis) is 1. The van der Waals surface area contributed by atoms with E-state index < -0.39 is 23.0 Å². The quantitative estimate of drug-likeness (QED) is 0.613. The zero-order valence-corrected chi connectivity index (χ0v) is 10.0. The van der Waals surface area contributed by atoms with Crippen LogP contribution in [0.15, 0.2) is 24.3 Å². The normalized spacial score (nSPS) is 11.4. The van der Waals surface area contributed by atoms with Crippen molar-refractivity contribution in [1.82, 2.24) is 5.32 Å². The summed E-state index contributed by atoms with van der Waals surface area (Å²) in [5.74, 6) is -1.21. The van der Waals surface area contributed by atoms with E-state index in [1.807, 2.05) is 0 Å². The van der Waals surface area contributed by atoms with Crippen molar-refractivity contribution in [3.63, 3.8) is 0 Å². The maximum atomic E-state index is 11.2. The highest BCUT2D eigenvalue weighted by Crippen LogP contribution is 2.18. The molecule has 1 aromatic carbocycles. The largest absolute Gasteiger partial charge is 0.480 e. The number of nitrogens with zero attached hydrogens (tertiary/aromatic N) is 1. The van der Waals surface area contributed by atoms with Crippen LogP contribution in [0.25, 0.3) is 0 Å². The second-order valence-electron chi connectivity index (χ2n) is 3.67. The van der Waals surface area contributed by atoms with Crippen molar-refractivity contribution in [1.29, 1.82) is 0 Å². The highest BCUT2D eigenvalue weighted by molar-refractivity contribution is 5.79. The van der Waals surface area contributed by atoms with Crippen LogP contribution in [0.3, 0.4) is 0 Å². The minimum atomic E-state index is -1.21. The lowest BCUT2D eigenvalue weighted by atomic mass is 10.2. The number of ether oxygens (including phenoxy) is 1. The lowest BCUT2D eigenvalue weighted by Gasteiger charge is -2.10. The van der Waals surface area contributed by atoms with E-state index in [9.17, 15) is 19.7 Å². The second-order valence-corrected chi connectivity index (χ2v) is 3.67. The smallest absolute Gasteiger partial charge is 0.408 e. The van der Waals surface area contributed by atoms with Gasteiger partial charge in [-0.2, -0.15) is 0 Å². The Labute approximate surface area is 108 Å². The molecule has 2 N–H and O–H groups in total. The van der Waals surface area contributed by atoms with Crippen LogP contribution < -0.4 is 5.32 Å². The lowest BCUT2D eigenvalue weighted by Crippen LogP contribution is -2.38. The Morgan fingerprint density at radius 2 is 2.11 bits per heavy atom. The van der Waals surface area contributed by atoms with Gasteiger partial charge in [-0.05, 0) is 13.0 Å². The van der Waals surface area contributed by atoms with Crippen LogP contribution in [0, 0.1) is 10.1 Å². The zero-order chi connectivity index (χ0) is 14.4. The molecular formula is C11H12N2O6. The van der Waals surface area contributed by atoms with Crippen molar-refractivity contribution >= 4 is 17.7 Å². The summed E-state index contributed by atoms with van der Waals surface area (Å²) < 4.78 is 4.72. The number of hydrogen-bond acceptors (Lipinski definition) is 5. The summed E-state index contributed by atoms with van der Waals surface area (Å²) in [5.41, 5.74) is 0.0622. The molecule has 1 amide bonds. The van der Waals surface area contributed by atoms with E-state index in [1.165, 1.54) is 25.1 Å². The summed E-state index contributed by atoms with van der Waals surface area (Å²) >= 11 is 0. The molecule has 1 aromatic rings. The molecule has 0 aliphatic rings. The minimum Gasteiger partial charge on any atom is -0.480 e. The summed E-state index contributed by atoms with van der Waals surface area (Å²) in [6, 6.07) is 4.71. The predicted molar refractivity (Wildman–Crippen MR) is 63.5 cm³/mol. The van der Waals surface area contributed by atoms with E-state index >= 15 is 0 Å². The highest BCUT2D eigenvalue weighted by Gasteiger charge is 2.17. The van der Waals surface area contributed by atoms with E-state index in [4.69, 9.17) is 9.84 Å². The number of amides is 1. The Morgan fingerprint density at radius 1 is 1.47 bits per heavy atom. The van der Waals surface area contributed by atoms with Gasteiger partial charge in [-0.25, -0.2) is 4.79 Å². The van der Waals surface area contributed by atoms with Gasteiger partial charge in [0.25, 0.3) is 5.69 Å². The summed E-state index contributed by atoms with van der Waals surface area (Å²) in [5, 5.41) is 21.3. The minimum absolute atomic E-state index is 0.165. The van der Waals surface area contributed by atoms with Gasteiger partial charge in [0.15, 0.2) is 0 Å². The molecule has 8 heteroatoms. The number of carboxylic acids is 1. The Kier molecular flexibility index (Phi) is 4.81. The first kappa shape index (κ1) is 14.4. The standard InChI is InChI=1S/C11H12N2O6/c1-7(10(14)15)12-11(16)19-6-8-4-2-3-5-9(8)13(17)18/h2-5,7H,6H2,1H3,(H,12,16)(H,14,15)/t7-/m0/s1. The molecule has 0 spiro atoms. The van der Waals surface area contributed by atoms with E-state index in [1.54, 1.807) is 6.07 Å². The predicted octanol–water partition coefficient (Wildman–Crippen LogP) is 1.29. The molecule has 0 aromatic heterocycles. The number of nitrogens with one attached hydrogen (secondary N) is 1. The van der Waals surface area contributed by atoms with Gasteiger partial charge in [0.1, 0.15) is 12.6 Å². The number of nitro benzene ring substituents is 1. The van der Waals surface area contributed by atoms with E-state index in [0.717, 1.165) is 0 Å². The third-order valence-corrected chi connectivity index (χ3v) is 2.25. The van der Waals surface area contributed by atoms with Gasteiger partial charge in [-0.3, -0.25) is 14.9 Å². The van der Waals surface area contributed by atoms with E-state index in [-0.39, 0.29) is 17.9 Å². The molecule has 0 heterocycles. The van der Waals surface area contributed by atoms with Gasteiger partial charge < -0.3 is 15.2 Å². The van der Waals surface area contributed by atoms with Crippen molar-refractivity contribution in [2.45, 2.75) is 19.6 Å². The molecule has 19 heavy (non-hydrogen) atoms. The Balaban J connectivity index is 2.60. The number of carbonyl (C=O) groups is 2. The number of carboxylic acid groups (broad SMARTS) is 1. The maximum absolute atomic E-state index is 11.2. The summed E-state index contributed by atoms with van der Waals surface area (Å²) in [6.07, 6.45) is -0.951. The average Bonchev–Trinajstić information content (AvgIpc) is 2.36. The van der Waals surface area contributed by atoms with Crippen LogP contribution >= 0.6 is 0 Å². The summed E-state index contributed by atoms with van der Waals surface area (Å²) in [6.45, 7) is 0.962. The van der Waals surface area contributed by atoms with Crippen LogP contribution in [0.2, 0.25) is 0 Å². The van der Waals surface area contributed by atoms with Crippen molar-refractivity contribution < 1.29 is 24.4 Å². The molecule has 0 unspecified atom stereocenters. The van der Waals surface area contributed by atoms with Gasteiger partial charge in [-0.15, -0.1) is 0 Å². The molecule has 0 saturated carbocycles. The molecule has 0 fully saturated rings. The molecule has 0 radical (unpaired) electrons. The Bertz CT molecular complexity index is 502. The highest BCUT2D eigenvalue weighted by atomic mass is 16.6. The number of rotatable bonds is 5. The van der Waals surface area contributed by atoms with Crippen LogP contribution in [0.4, 0.5) is 10.5 Å². The number of carbonyl (C=O) groups excluding carboxylic acids is 1. The molecule has 0 aliphatic carbocycles. The van der Waals surface area contributed by atoms with E-state index in [2.05, 4.69) is 5.32 Å². The third kappa shape index (κ3) is 4.26. The summed E-state index contributed by atoms with van der Waals surface area (Å²) in [4.78, 5) is 31.9. The number of aliphatic carboxylic acids is 1. The van der Waals surface area contributed by atoms with Crippen molar-refractivity contribution in [3.05, 3.63) is 39.9 Å². The SMILES string of the molecule is C[C@H](NC(=O)OCc1ccccc1[N+](=O)[O-])C(=O)O. The van der Waals surface area contributed by atoms with Gasteiger partial charge in [0.2, 0.25) is 0 Å². The topological polar surface area (TPSA) is 119 Å². The third-order valence-electron chi connectivity index (χ3n) is 2.25. The fourth-order valence-electron chi connectivity index (χ4n) is 1.23. The van der Waals surface area contributed by atoms with Crippen LogP contribution in [-0.2, 0) is 16.1 Å². The van der Waals surface area contributed by atoms with Crippen molar-refractivity contribution in [3.8, 4) is 0 Å². The first-order valence-electron chi connectivity index (χ1n) is 5.30. The average molecular weight is 268 g/mol. The number of para-hydroxylation sites is 1. The molecular weight excluding hydrogens is 256 g/mol. The summed E-state index contributed by atoms with van der Waals surface area (Å²) in [7, 11) is 0. The van der Waals surface area contributed by atoms with Crippen LogP contribution in [0.5, 0.6) is 0 Å². The van der Waals surface area contributed by atoms with Crippen LogP contribution in [-0.4, -0.2) is 28.1 Å². The Hall–Kier alpha value is -2.64. The number of hydrogen-bond donors (Lipinski definition) is 2. The number of nitro groups is 1. The molecule has 0 saturated heterocycles. The molecule has 8 nitrogen and oxygen atoms in total. The van der Waals surface area contributed by atoms with Gasteiger partial charge in [0, 0.05) is 6.07 Å². The fourth-order valence-corrected chi connectivity index (χ4v) is 1.23. The van der Waals surface area contributed by atoms with Gasteiger partial charge in [0.05, 0.1) is 10.5 Å². The molecule has 102 valence electrons. The van der Waals surface area contributed by atoms with Gasteiger partial charge in [-0.1, -0.05) is 12.1 Å². The van der Waals surface area contributed by atoms with Crippen LogP contribution in [0.1, 0.15) is 12.5 Å². The fraction of sp³-hybridized carbons (Fsp3) is 0.273. The number of benzene rings is 1. The van der Waals surface area contributed by atoms with Crippen molar-refractivity contribution in [2.75, 3.05) is 0 Å². The first-order chi connectivity index (χ1) is 8.91. The lowest BCUT2D eigenvalue weighted by molar-refractivity contribution is -0.385. The first-order valence-corrected chi connectivity index (χ1v) is 5.30.